The summed E-state index contributed by atoms with van der Waals surface area (Å²) >= 11 is 0. The lowest BCUT2D eigenvalue weighted by Gasteiger charge is -2.11. The Hall–Kier alpha value is -2.07. The van der Waals surface area contributed by atoms with Gasteiger partial charge in [0.05, 0.1) is 7.11 Å². The molecule has 0 aliphatic rings. The number of ether oxygens (including phenoxy) is 1. The van der Waals surface area contributed by atoms with Gasteiger partial charge in [-0.15, -0.1) is 0 Å². The summed E-state index contributed by atoms with van der Waals surface area (Å²) in [6.07, 6.45) is 0. The summed E-state index contributed by atoms with van der Waals surface area (Å²) in [6.45, 7) is 0.372. The molecule has 18 heavy (non-hydrogen) atoms. The van der Waals surface area contributed by atoms with E-state index in [0.29, 0.717) is 23.4 Å². The molecule has 2 rings (SSSR count). The largest absolute Gasteiger partial charge is 0.508 e. The van der Waals surface area contributed by atoms with Crippen LogP contribution in [0.2, 0.25) is 0 Å². The molecular weight excluding hydrogens is 233 g/mol. The van der Waals surface area contributed by atoms with Crippen molar-refractivity contribution in [3.8, 4) is 22.6 Å². The zero-order valence-corrected chi connectivity index (χ0v) is 9.98. The van der Waals surface area contributed by atoms with Crippen LogP contribution in [0.5, 0.6) is 11.5 Å². The second kappa shape index (κ2) is 5.06. The van der Waals surface area contributed by atoms with Gasteiger partial charge >= 0.3 is 0 Å². The number of nitrogens with two attached hydrogens (primary N) is 1. The minimum atomic E-state index is -0.498. The first-order valence-electron chi connectivity index (χ1n) is 5.51. The van der Waals surface area contributed by atoms with E-state index in [2.05, 4.69) is 0 Å². The Bertz CT molecular complexity index is 570. The van der Waals surface area contributed by atoms with Crippen LogP contribution >= 0.6 is 0 Å². The Morgan fingerprint density at radius 2 is 1.94 bits per heavy atom. The summed E-state index contributed by atoms with van der Waals surface area (Å²) in [5, 5.41) is 9.22. The van der Waals surface area contributed by atoms with Crippen LogP contribution < -0.4 is 10.5 Å². The van der Waals surface area contributed by atoms with Gasteiger partial charge in [-0.2, -0.15) is 0 Å². The van der Waals surface area contributed by atoms with Crippen LogP contribution in [0.3, 0.4) is 0 Å². The molecule has 0 saturated carbocycles. The Kier molecular flexibility index (Phi) is 3.48. The first kappa shape index (κ1) is 12.4. The molecule has 0 spiro atoms. The maximum atomic E-state index is 13.8. The fourth-order valence-electron chi connectivity index (χ4n) is 1.82. The van der Waals surface area contributed by atoms with E-state index in [-0.39, 0.29) is 5.75 Å². The molecule has 2 aromatic rings. The predicted molar refractivity (Wildman–Crippen MR) is 67.9 cm³/mol. The number of methoxy groups -OCH3 is 1. The fraction of sp³-hybridized carbons (Fsp3) is 0.143. The average Bonchev–Trinajstić information content (AvgIpc) is 2.38. The van der Waals surface area contributed by atoms with Gasteiger partial charge in [-0.3, -0.25) is 0 Å². The van der Waals surface area contributed by atoms with Gasteiger partial charge in [0.25, 0.3) is 0 Å². The van der Waals surface area contributed by atoms with Gasteiger partial charge in [0, 0.05) is 23.7 Å². The lowest BCUT2D eigenvalue weighted by Crippen LogP contribution is -1.98. The lowest BCUT2D eigenvalue weighted by atomic mass is 10.0. The number of hydrogen-bond donors (Lipinski definition) is 2. The second-order valence-corrected chi connectivity index (χ2v) is 3.90. The van der Waals surface area contributed by atoms with Crippen molar-refractivity contribution in [2.75, 3.05) is 7.11 Å². The molecule has 0 radical (unpaired) electrons. The van der Waals surface area contributed by atoms with Crippen molar-refractivity contribution in [1.82, 2.24) is 0 Å². The molecule has 0 aliphatic carbocycles. The molecule has 0 heterocycles. The SMILES string of the molecule is COc1ccc(CN)cc1-c1ccc(O)cc1F. The number of benzene rings is 2. The molecule has 0 fully saturated rings. The first-order chi connectivity index (χ1) is 8.65. The van der Waals surface area contributed by atoms with Crippen LogP contribution in [0, 0.1) is 5.82 Å². The van der Waals surface area contributed by atoms with Crippen molar-refractivity contribution in [3.05, 3.63) is 47.8 Å². The molecular formula is C14H14FNO2. The number of phenolic OH excluding ortho intramolecular Hbond substituents is 1. The van der Waals surface area contributed by atoms with E-state index >= 15 is 0 Å². The Labute approximate surface area is 105 Å². The molecule has 2 aromatic carbocycles. The van der Waals surface area contributed by atoms with Crippen molar-refractivity contribution in [2.45, 2.75) is 6.54 Å². The highest BCUT2D eigenvalue weighted by atomic mass is 19.1. The highest BCUT2D eigenvalue weighted by Crippen LogP contribution is 2.33. The standard InChI is InChI=1S/C14H14FNO2/c1-18-14-5-2-9(8-16)6-12(14)11-4-3-10(17)7-13(11)15/h2-7,17H,8,16H2,1H3. The minimum Gasteiger partial charge on any atom is -0.508 e. The number of aromatic hydroxyl groups is 1. The van der Waals surface area contributed by atoms with Gasteiger partial charge < -0.3 is 15.6 Å². The summed E-state index contributed by atoms with van der Waals surface area (Å²) < 4.78 is 19.1. The van der Waals surface area contributed by atoms with Crippen LogP contribution in [0.15, 0.2) is 36.4 Å². The highest BCUT2D eigenvalue weighted by molar-refractivity contribution is 5.72. The van der Waals surface area contributed by atoms with Crippen molar-refractivity contribution < 1.29 is 14.2 Å². The number of rotatable bonds is 3. The zero-order valence-electron chi connectivity index (χ0n) is 9.98. The summed E-state index contributed by atoms with van der Waals surface area (Å²) in [7, 11) is 1.53. The van der Waals surface area contributed by atoms with E-state index in [9.17, 15) is 9.50 Å². The molecule has 94 valence electrons. The smallest absolute Gasteiger partial charge is 0.134 e. The molecule has 0 atom stereocenters. The third-order valence-corrected chi connectivity index (χ3v) is 2.74. The van der Waals surface area contributed by atoms with Gasteiger partial charge in [-0.25, -0.2) is 4.39 Å². The third-order valence-electron chi connectivity index (χ3n) is 2.74. The first-order valence-corrected chi connectivity index (χ1v) is 5.51. The van der Waals surface area contributed by atoms with Crippen molar-refractivity contribution in [3.63, 3.8) is 0 Å². The normalized spacial score (nSPS) is 10.4. The molecule has 0 unspecified atom stereocenters. The molecule has 0 amide bonds. The van der Waals surface area contributed by atoms with Crippen molar-refractivity contribution in [2.24, 2.45) is 5.73 Å². The van der Waals surface area contributed by atoms with Gasteiger partial charge in [0.1, 0.15) is 17.3 Å². The van der Waals surface area contributed by atoms with Gasteiger partial charge in [-0.1, -0.05) is 6.07 Å². The number of halogens is 1. The molecule has 0 aromatic heterocycles. The number of phenols is 1. The predicted octanol–water partition coefficient (Wildman–Crippen LogP) is 2.67. The summed E-state index contributed by atoms with van der Waals surface area (Å²) in [6, 6.07) is 9.40. The van der Waals surface area contributed by atoms with Crippen LogP contribution in [-0.4, -0.2) is 12.2 Å². The minimum absolute atomic E-state index is 0.106. The topological polar surface area (TPSA) is 55.5 Å². The summed E-state index contributed by atoms with van der Waals surface area (Å²) in [5.74, 6) is -0.0375. The van der Waals surface area contributed by atoms with Gasteiger partial charge in [0.15, 0.2) is 0 Å². The van der Waals surface area contributed by atoms with E-state index in [0.717, 1.165) is 11.6 Å². The van der Waals surface area contributed by atoms with Crippen molar-refractivity contribution in [1.29, 1.82) is 0 Å². The average molecular weight is 247 g/mol. The van der Waals surface area contributed by atoms with Crippen LogP contribution in [-0.2, 0) is 6.54 Å². The summed E-state index contributed by atoms with van der Waals surface area (Å²) in [4.78, 5) is 0. The second-order valence-electron chi connectivity index (χ2n) is 3.90. The van der Waals surface area contributed by atoms with Crippen LogP contribution in [0.1, 0.15) is 5.56 Å². The molecule has 3 nitrogen and oxygen atoms in total. The molecule has 0 bridgehead atoms. The van der Waals surface area contributed by atoms with Gasteiger partial charge in [0.2, 0.25) is 0 Å². The van der Waals surface area contributed by atoms with Crippen LogP contribution in [0.25, 0.3) is 11.1 Å². The molecule has 0 saturated heterocycles. The Morgan fingerprint density at radius 1 is 1.17 bits per heavy atom. The fourth-order valence-corrected chi connectivity index (χ4v) is 1.82. The van der Waals surface area contributed by atoms with E-state index in [1.165, 1.54) is 19.2 Å². The number of hydrogen-bond acceptors (Lipinski definition) is 3. The Balaban J connectivity index is 2.60. The molecule has 4 heteroatoms. The highest BCUT2D eigenvalue weighted by Gasteiger charge is 2.11. The third kappa shape index (κ3) is 2.28. The summed E-state index contributed by atoms with van der Waals surface area (Å²) in [5.41, 5.74) is 7.46. The molecule has 3 N–H and O–H groups in total. The van der Waals surface area contributed by atoms with E-state index in [1.807, 2.05) is 6.07 Å². The van der Waals surface area contributed by atoms with Crippen molar-refractivity contribution >= 4 is 0 Å². The maximum Gasteiger partial charge on any atom is 0.134 e. The lowest BCUT2D eigenvalue weighted by molar-refractivity contribution is 0.416. The monoisotopic (exact) mass is 247 g/mol. The maximum absolute atomic E-state index is 13.8. The zero-order chi connectivity index (χ0) is 13.1. The van der Waals surface area contributed by atoms with E-state index < -0.39 is 5.82 Å². The molecule has 0 aliphatic heterocycles. The van der Waals surface area contributed by atoms with E-state index in [1.54, 1.807) is 12.1 Å². The van der Waals surface area contributed by atoms with Crippen LogP contribution in [0.4, 0.5) is 4.39 Å². The van der Waals surface area contributed by atoms with Gasteiger partial charge in [-0.05, 0) is 29.8 Å². The quantitative estimate of drug-likeness (QED) is 0.876. The Morgan fingerprint density at radius 3 is 2.56 bits per heavy atom. The van der Waals surface area contributed by atoms with E-state index in [4.69, 9.17) is 10.5 Å².